The molecule has 2 heterocycles. The summed E-state index contributed by atoms with van der Waals surface area (Å²) in [5, 5.41) is 39.7. The molecule has 2 aliphatic heterocycles. The molecular weight excluding hydrogens is 471 g/mol. The van der Waals surface area contributed by atoms with E-state index in [1.54, 1.807) is 31.2 Å². The van der Waals surface area contributed by atoms with Gasteiger partial charge in [-0.1, -0.05) is 51.7 Å². The molecule has 0 amide bonds. The summed E-state index contributed by atoms with van der Waals surface area (Å²) in [6, 6.07) is 18.4. The fourth-order valence-corrected chi connectivity index (χ4v) is 5.49. The van der Waals surface area contributed by atoms with E-state index in [4.69, 9.17) is 19.6 Å². The van der Waals surface area contributed by atoms with Gasteiger partial charge in [-0.3, -0.25) is 5.41 Å². The molecule has 4 atom stereocenters. The van der Waals surface area contributed by atoms with Crippen molar-refractivity contribution in [2.45, 2.75) is 57.8 Å². The molecule has 1 N–H and O–H groups in total. The van der Waals surface area contributed by atoms with Gasteiger partial charge in [-0.15, -0.1) is 0 Å². The maximum Gasteiger partial charge on any atom is 0.244 e. The Morgan fingerprint density at radius 2 is 1.59 bits per heavy atom. The van der Waals surface area contributed by atoms with Gasteiger partial charge in [-0.05, 0) is 48.4 Å². The van der Waals surface area contributed by atoms with Crippen LogP contribution < -0.4 is 4.74 Å². The third kappa shape index (κ3) is 3.91. The summed E-state index contributed by atoms with van der Waals surface area (Å²) >= 11 is 0. The average molecular weight is 501 g/mol. The normalized spacial score (nSPS) is 27.4. The van der Waals surface area contributed by atoms with Crippen molar-refractivity contribution in [3.05, 3.63) is 65.5 Å². The van der Waals surface area contributed by atoms with Crippen molar-refractivity contribution >= 4 is 5.90 Å². The van der Waals surface area contributed by atoms with E-state index >= 15 is 0 Å². The maximum atomic E-state index is 13.7. The Morgan fingerprint density at radius 1 is 0.946 bits per heavy atom. The summed E-state index contributed by atoms with van der Waals surface area (Å²) in [5.74, 6) is -2.91. The summed E-state index contributed by atoms with van der Waals surface area (Å²) in [5.41, 5.74) is -3.13. The number of nitrogens with one attached hydrogen (secondary N) is 1. The van der Waals surface area contributed by atoms with E-state index in [9.17, 15) is 20.2 Å². The Bertz CT molecular complexity index is 1260. The van der Waals surface area contributed by atoms with Gasteiger partial charge in [0, 0.05) is 5.56 Å². The second-order valence-electron chi connectivity index (χ2n) is 9.61. The van der Waals surface area contributed by atoms with Gasteiger partial charge in [0.25, 0.3) is 0 Å². The van der Waals surface area contributed by atoms with Gasteiger partial charge >= 0.3 is 0 Å². The van der Waals surface area contributed by atoms with Crippen LogP contribution in [-0.2, 0) is 15.3 Å². The van der Waals surface area contributed by atoms with Crippen molar-refractivity contribution in [1.82, 2.24) is 0 Å². The van der Waals surface area contributed by atoms with Crippen LogP contribution in [0.3, 0.4) is 0 Å². The highest BCUT2D eigenvalue weighted by atomic mass is 19.1. The Hall–Kier alpha value is -3.93. The molecule has 0 saturated carbocycles. The SMILES string of the molecule is CCCCCCCOc1ccc(C2OC3(c4ccc(F)cc4)OC(=N)C(C#N)(C3C)C2(C#N)C#N)cc1. The fraction of sp³-hybridized carbons (Fsp3) is 0.448. The van der Waals surface area contributed by atoms with E-state index in [0.29, 0.717) is 23.5 Å². The van der Waals surface area contributed by atoms with E-state index in [2.05, 4.69) is 13.0 Å². The first-order chi connectivity index (χ1) is 17.8. The van der Waals surface area contributed by atoms with Gasteiger partial charge in [0.2, 0.25) is 17.1 Å². The highest BCUT2D eigenvalue weighted by Gasteiger charge is 2.79. The van der Waals surface area contributed by atoms with Crippen LogP contribution in [0.4, 0.5) is 4.39 Å². The monoisotopic (exact) mass is 500 g/mol. The third-order valence-electron chi connectivity index (χ3n) is 7.61. The van der Waals surface area contributed by atoms with E-state index in [0.717, 1.165) is 12.8 Å². The predicted octanol–water partition coefficient (Wildman–Crippen LogP) is 6.29. The van der Waals surface area contributed by atoms with Gasteiger partial charge in [0.05, 0.1) is 30.7 Å². The van der Waals surface area contributed by atoms with Crippen molar-refractivity contribution < 1.29 is 18.6 Å². The van der Waals surface area contributed by atoms with Crippen LogP contribution in [0, 0.1) is 62.0 Å². The zero-order chi connectivity index (χ0) is 26.7. The summed E-state index contributed by atoms with van der Waals surface area (Å²) in [4.78, 5) is 0. The van der Waals surface area contributed by atoms with Crippen molar-refractivity contribution in [2.75, 3.05) is 6.61 Å². The van der Waals surface area contributed by atoms with Gasteiger partial charge in [-0.25, -0.2) is 4.39 Å². The molecule has 4 rings (SSSR count). The zero-order valence-corrected chi connectivity index (χ0v) is 21.0. The first-order valence-electron chi connectivity index (χ1n) is 12.5. The number of unbranched alkanes of at least 4 members (excludes halogenated alkanes) is 4. The summed E-state index contributed by atoms with van der Waals surface area (Å²) in [6.45, 7) is 4.37. The van der Waals surface area contributed by atoms with Crippen LogP contribution in [0.5, 0.6) is 5.75 Å². The minimum atomic E-state index is -2.07. The van der Waals surface area contributed by atoms with Crippen molar-refractivity contribution in [3.8, 4) is 24.0 Å². The molecule has 2 fully saturated rings. The Morgan fingerprint density at radius 3 is 2.19 bits per heavy atom. The molecule has 0 radical (unpaired) electrons. The number of benzene rings is 2. The first kappa shape index (κ1) is 26.1. The summed E-state index contributed by atoms with van der Waals surface area (Å²) in [6.07, 6.45) is 4.38. The Labute approximate surface area is 216 Å². The fourth-order valence-electron chi connectivity index (χ4n) is 5.49. The molecule has 190 valence electrons. The second kappa shape index (κ2) is 10.2. The molecule has 0 spiro atoms. The first-order valence-corrected chi connectivity index (χ1v) is 12.5. The number of ether oxygens (including phenoxy) is 3. The molecule has 2 aromatic rings. The van der Waals surface area contributed by atoms with Gasteiger partial charge in [-0.2, -0.15) is 15.8 Å². The minimum absolute atomic E-state index is 0.390. The Balaban J connectivity index is 1.71. The molecule has 4 unspecified atom stereocenters. The molecule has 8 heteroatoms. The number of hydrogen-bond acceptors (Lipinski definition) is 7. The van der Waals surface area contributed by atoms with Crippen molar-refractivity contribution in [1.29, 1.82) is 21.2 Å². The van der Waals surface area contributed by atoms with Crippen molar-refractivity contribution in [2.24, 2.45) is 16.7 Å². The highest BCUT2D eigenvalue weighted by molar-refractivity contribution is 5.89. The molecule has 2 bridgehead atoms. The number of fused-ring (bicyclic) bond motifs is 2. The Kier molecular flexibility index (Phi) is 7.21. The van der Waals surface area contributed by atoms with Gasteiger partial charge in [0.1, 0.15) is 17.7 Å². The largest absolute Gasteiger partial charge is 0.494 e. The lowest BCUT2D eigenvalue weighted by Crippen LogP contribution is -2.57. The highest BCUT2D eigenvalue weighted by Crippen LogP contribution is 2.68. The third-order valence-corrected chi connectivity index (χ3v) is 7.61. The van der Waals surface area contributed by atoms with E-state index in [-0.39, 0.29) is 0 Å². The number of rotatable bonds is 9. The van der Waals surface area contributed by atoms with Crippen LogP contribution in [0.1, 0.15) is 63.2 Å². The predicted molar refractivity (Wildman–Crippen MR) is 132 cm³/mol. The minimum Gasteiger partial charge on any atom is -0.494 e. The summed E-state index contributed by atoms with van der Waals surface area (Å²) < 4.78 is 31.9. The van der Waals surface area contributed by atoms with Crippen LogP contribution in [0.25, 0.3) is 0 Å². The lowest BCUT2D eigenvalue weighted by atomic mass is 9.53. The number of nitriles is 3. The molecule has 2 aromatic carbocycles. The van der Waals surface area contributed by atoms with Crippen LogP contribution >= 0.6 is 0 Å². The summed E-state index contributed by atoms with van der Waals surface area (Å²) in [7, 11) is 0. The number of hydrogen-bond donors (Lipinski definition) is 1. The molecule has 0 aliphatic carbocycles. The quantitative estimate of drug-likeness (QED) is 0.404. The van der Waals surface area contributed by atoms with Crippen molar-refractivity contribution in [3.63, 3.8) is 0 Å². The lowest BCUT2D eigenvalue weighted by molar-refractivity contribution is -0.288. The topological polar surface area (TPSA) is 123 Å². The zero-order valence-electron chi connectivity index (χ0n) is 21.0. The molecule has 0 aromatic heterocycles. The molecular formula is C29H29FN4O3. The number of nitrogens with zero attached hydrogens (tertiary/aromatic N) is 3. The molecule has 37 heavy (non-hydrogen) atoms. The smallest absolute Gasteiger partial charge is 0.244 e. The van der Waals surface area contributed by atoms with E-state index < -0.39 is 40.4 Å². The molecule has 2 saturated heterocycles. The maximum absolute atomic E-state index is 13.7. The van der Waals surface area contributed by atoms with Crippen LogP contribution in [-0.4, -0.2) is 12.5 Å². The van der Waals surface area contributed by atoms with Crippen LogP contribution in [0.2, 0.25) is 0 Å². The molecule has 2 aliphatic rings. The second-order valence-corrected chi connectivity index (χ2v) is 9.61. The van der Waals surface area contributed by atoms with E-state index in [1.165, 1.54) is 43.5 Å². The van der Waals surface area contributed by atoms with Gasteiger partial charge in [0.15, 0.2) is 5.41 Å². The van der Waals surface area contributed by atoms with E-state index in [1.807, 2.05) is 12.1 Å². The average Bonchev–Trinajstić information content (AvgIpc) is 3.07. The lowest BCUT2D eigenvalue weighted by Gasteiger charge is -2.48. The number of halogens is 1. The molecule has 7 nitrogen and oxygen atoms in total. The standard InChI is InChI=1S/C29H29FN4O3/c1-3-4-5-6-7-16-35-24-14-8-21(9-15-24)25-27(17-31,18-32)28(19-33)20(2)29(36-25,37-26(28)34)22-10-12-23(30)13-11-22/h8-15,20,25,34H,3-7,16H2,1-2H3. The van der Waals surface area contributed by atoms with Crippen LogP contribution in [0.15, 0.2) is 48.5 Å². The van der Waals surface area contributed by atoms with Gasteiger partial charge < -0.3 is 14.2 Å².